The van der Waals surface area contributed by atoms with Crippen LogP contribution in [0.4, 0.5) is 10.3 Å². The molecular weight excluding hydrogens is 347 g/mol. The normalized spacial score (nSPS) is 18.6. The van der Waals surface area contributed by atoms with Gasteiger partial charge in [-0.1, -0.05) is 11.6 Å². The molecule has 8 heteroatoms. The van der Waals surface area contributed by atoms with E-state index in [2.05, 4.69) is 22.2 Å². The molecule has 1 unspecified atom stereocenters. The van der Waals surface area contributed by atoms with Gasteiger partial charge in [0.05, 0.1) is 12.0 Å². The number of hydrogen-bond donors (Lipinski definition) is 2. The van der Waals surface area contributed by atoms with Crippen LogP contribution in [0.5, 0.6) is 0 Å². The number of pyridine rings is 1. The minimum Gasteiger partial charge on any atom is -0.387 e. The third-order valence-electron chi connectivity index (χ3n) is 4.81. The van der Waals surface area contributed by atoms with Gasteiger partial charge in [0.1, 0.15) is 17.3 Å². The van der Waals surface area contributed by atoms with Crippen molar-refractivity contribution in [3.8, 4) is 0 Å². The molecule has 2 heterocycles. The van der Waals surface area contributed by atoms with E-state index in [-0.39, 0.29) is 12.0 Å². The topological polar surface area (TPSA) is 80.0 Å². The summed E-state index contributed by atoms with van der Waals surface area (Å²) in [6, 6.07) is 1.83. The lowest BCUT2D eigenvalue weighted by Gasteiger charge is -2.40. The highest BCUT2D eigenvalue weighted by Gasteiger charge is 2.38. The fourth-order valence-electron chi connectivity index (χ4n) is 3.15. The van der Waals surface area contributed by atoms with Crippen LogP contribution in [0.25, 0.3) is 11.2 Å². The molecule has 0 spiro atoms. The van der Waals surface area contributed by atoms with Crippen LogP contribution in [0.2, 0.25) is 5.15 Å². The Kier molecular flexibility index (Phi) is 4.49. The highest BCUT2D eigenvalue weighted by Crippen LogP contribution is 2.43. The molecule has 0 aromatic carbocycles. The van der Waals surface area contributed by atoms with E-state index < -0.39 is 18.2 Å². The van der Waals surface area contributed by atoms with E-state index in [1.165, 1.54) is 6.92 Å². The van der Waals surface area contributed by atoms with Gasteiger partial charge in [-0.15, -0.1) is 0 Å². The van der Waals surface area contributed by atoms with E-state index in [4.69, 9.17) is 11.6 Å². The summed E-state index contributed by atoms with van der Waals surface area (Å²) in [5.41, 5.74) is 0.161. The van der Waals surface area contributed by atoms with Crippen LogP contribution in [0, 0.1) is 6.92 Å². The number of aromatic nitrogens is 3. The van der Waals surface area contributed by atoms with Gasteiger partial charge in [-0.05, 0) is 51.7 Å². The maximum Gasteiger partial charge on any atom is 0.229 e. The van der Waals surface area contributed by atoms with Crippen molar-refractivity contribution in [1.29, 1.82) is 0 Å². The van der Waals surface area contributed by atoms with Crippen molar-refractivity contribution in [2.24, 2.45) is 0 Å². The van der Waals surface area contributed by atoms with E-state index in [0.29, 0.717) is 22.3 Å². The second-order valence-corrected chi connectivity index (χ2v) is 7.77. The minimum atomic E-state index is -1.69. The van der Waals surface area contributed by atoms with E-state index in [9.17, 15) is 14.3 Å². The lowest BCUT2D eigenvalue weighted by molar-refractivity contribution is -0.121. The SMILES string of the molecule is Cc1cc2nc(NC(=O)CC(C)(O)CF)n(C3(C)CCC3)c2nc1Cl. The van der Waals surface area contributed by atoms with Crippen LogP contribution in [0.1, 0.15) is 45.1 Å². The Balaban J connectivity index is 2.02. The summed E-state index contributed by atoms with van der Waals surface area (Å²) in [4.78, 5) is 21.2. The van der Waals surface area contributed by atoms with Crippen molar-refractivity contribution in [3.05, 3.63) is 16.8 Å². The highest BCUT2D eigenvalue weighted by atomic mass is 35.5. The molecule has 1 saturated carbocycles. The number of nitrogens with zero attached hydrogens (tertiary/aromatic N) is 3. The number of alkyl halides is 1. The van der Waals surface area contributed by atoms with Crippen molar-refractivity contribution in [1.82, 2.24) is 14.5 Å². The van der Waals surface area contributed by atoms with Gasteiger partial charge in [0.2, 0.25) is 11.9 Å². The first-order chi connectivity index (χ1) is 11.6. The summed E-state index contributed by atoms with van der Waals surface area (Å²) in [6.45, 7) is 4.22. The number of carbonyl (C=O) groups excluding carboxylic acids is 1. The molecule has 2 aromatic heterocycles. The molecule has 0 radical (unpaired) electrons. The number of rotatable bonds is 5. The molecule has 1 amide bonds. The number of nitrogens with one attached hydrogen (secondary N) is 1. The molecule has 1 aliphatic carbocycles. The predicted octanol–water partition coefficient (Wildman–Crippen LogP) is 3.34. The molecule has 2 aromatic rings. The molecule has 0 saturated heterocycles. The largest absolute Gasteiger partial charge is 0.387 e. The van der Waals surface area contributed by atoms with Crippen LogP contribution in [0.3, 0.4) is 0 Å². The summed E-state index contributed by atoms with van der Waals surface area (Å²) in [5, 5.41) is 12.9. The summed E-state index contributed by atoms with van der Waals surface area (Å²) in [7, 11) is 0. The second-order valence-electron chi connectivity index (χ2n) is 7.42. The summed E-state index contributed by atoms with van der Waals surface area (Å²) < 4.78 is 14.7. The lowest BCUT2D eigenvalue weighted by atomic mass is 9.78. The van der Waals surface area contributed by atoms with Gasteiger partial charge >= 0.3 is 0 Å². The first kappa shape index (κ1) is 18.1. The maximum atomic E-state index is 12.8. The maximum absolute atomic E-state index is 12.8. The van der Waals surface area contributed by atoms with Crippen molar-refractivity contribution >= 4 is 34.6 Å². The van der Waals surface area contributed by atoms with Gasteiger partial charge in [0, 0.05) is 5.54 Å². The Morgan fingerprint density at radius 3 is 2.76 bits per heavy atom. The third kappa shape index (κ3) is 3.35. The van der Waals surface area contributed by atoms with Gasteiger partial charge in [-0.2, -0.15) is 0 Å². The Hall–Kier alpha value is -1.73. The zero-order valence-corrected chi connectivity index (χ0v) is 15.3. The van der Waals surface area contributed by atoms with E-state index in [1.807, 2.05) is 17.6 Å². The number of aliphatic hydroxyl groups is 1. The Morgan fingerprint density at radius 1 is 1.52 bits per heavy atom. The van der Waals surface area contributed by atoms with Gasteiger partial charge < -0.3 is 5.11 Å². The Morgan fingerprint density at radius 2 is 2.20 bits per heavy atom. The lowest BCUT2D eigenvalue weighted by Crippen LogP contribution is -2.39. The van der Waals surface area contributed by atoms with E-state index >= 15 is 0 Å². The number of halogens is 2. The number of fused-ring (bicyclic) bond motifs is 1. The third-order valence-corrected chi connectivity index (χ3v) is 5.20. The van der Waals surface area contributed by atoms with Crippen LogP contribution < -0.4 is 5.32 Å². The monoisotopic (exact) mass is 368 g/mol. The highest BCUT2D eigenvalue weighted by molar-refractivity contribution is 6.30. The molecule has 25 heavy (non-hydrogen) atoms. The minimum absolute atomic E-state index is 0.203. The quantitative estimate of drug-likeness (QED) is 0.793. The number of anilines is 1. The molecule has 136 valence electrons. The molecule has 1 fully saturated rings. The zero-order valence-electron chi connectivity index (χ0n) is 14.6. The molecule has 6 nitrogen and oxygen atoms in total. The van der Waals surface area contributed by atoms with E-state index in [1.54, 1.807) is 0 Å². The first-order valence-corrected chi connectivity index (χ1v) is 8.67. The molecule has 1 aliphatic rings. The molecular formula is C17H22ClFN4O2. The predicted molar refractivity (Wildman–Crippen MR) is 94.6 cm³/mol. The smallest absolute Gasteiger partial charge is 0.229 e. The van der Waals surface area contributed by atoms with Gasteiger partial charge in [-0.3, -0.25) is 14.7 Å². The van der Waals surface area contributed by atoms with Crippen molar-refractivity contribution in [3.63, 3.8) is 0 Å². The van der Waals surface area contributed by atoms with Gasteiger partial charge in [0.15, 0.2) is 5.65 Å². The molecule has 2 N–H and O–H groups in total. The van der Waals surface area contributed by atoms with Crippen LogP contribution in [-0.2, 0) is 10.3 Å². The molecule has 0 bridgehead atoms. The van der Waals surface area contributed by atoms with Crippen molar-refractivity contribution in [2.75, 3.05) is 12.0 Å². The number of imidazole rings is 1. The Bertz CT molecular complexity index is 830. The Labute approximate surface area is 150 Å². The van der Waals surface area contributed by atoms with Crippen LogP contribution in [0.15, 0.2) is 6.07 Å². The van der Waals surface area contributed by atoms with Crippen LogP contribution in [-0.4, -0.2) is 37.8 Å². The fraction of sp³-hybridized carbons (Fsp3) is 0.588. The zero-order chi connectivity index (χ0) is 18.4. The average molecular weight is 369 g/mol. The summed E-state index contributed by atoms with van der Waals surface area (Å²) in [6.07, 6.45) is 2.61. The number of carbonyl (C=O) groups is 1. The first-order valence-electron chi connectivity index (χ1n) is 8.29. The summed E-state index contributed by atoms with van der Waals surface area (Å²) in [5.74, 6) is -0.143. The van der Waals surface area contributed by atoms with Crippen molar-refractivity contribution in [2.45, 2.75) is 57.6 Å². The number of amides is 1. The standard InChI is InChI=1S/C17H22ClFN4O2/c1-10-7-11-14(22-13(10)18)23(16(2)5-4-6-16)15(20-11)21-12(24)8-17(3,25)9-19/h7,25H,4-6,8-9H2,1-3H3,(H,20,21,24). The van der Waals surface area contributed by atoms with Crippen molar-refractivity contribution < 1.29 is 14.3 Å². The fourth-order valence-corrected chi connectivity index (χ4v) is 3.28. The van der Waals surface area contributed by atoms with Crippen LogP contribution >= 0.6 is 11.6 Å². The van der Waals surface area contributed by atoms with Gasteiger partial charge in [-0.25, -0.2) is 14.4 Å². The molecule has 1 atom stereocenters. The summed E-state index contributed by atoms with van der Waals surface area (Å²) >= 11 is 6.18. The second kappa shape index (κ2) is 6.21. The molecule has 0 aliphatic heterocycles. The number of aryl methyl sites for hydroxylation is 1. The van der Waals surface area contributed by atoms with Gasteiger partial charge in [0.25, 0.3) is 0 Å². The average Bonchev–Trinajstić information content (AvgIpc) is 2.82. The number of hydrogen-bond acceptors (Lipinski definition) is 4. The van der Waals surface area contributed by atoms with E-state index in [0.717, 1.165) is 24.8 Å². The molecule has 3 rings (SSSR count).